The number of aliphatic hydroxyl groups excluding tert-OH is 1. The molecule has 0 bridgehead atoms. The summed E-state index contributed by atoms with van der Waals surface area (Å²) < 4.78 is 14.7. The van der Waals surface area contributed by atoms with Gasteiger partial charge in [0.15, 0.2) is 0 Å². The Balaban J connectivity index is 1.83. The van der Waals surface area contributed by atoms with Crippen LogP contribution in [0.2, 0.25) is 0 Å². The van der Waals surface area contributed by atoms with Crippen LogP contribution in [-0.2, 0) is 6.42 Å². The van der Waals surface area contributed by atoms with E-state index in [1.165, 1.54) is 12.1 Å². The molecule has 0 amide bonds. The van der Waals surface area contributed by atoms with Gasteiger partial charge in [0.1, 0.15) is 17.6 Å². The molecule has 0 saturated carbocycles. The standard InChI is InChI=1S/C15H13FN2O/c16-12-6-4-11(5-7-12)9-14(19)13-10-18-8-2-1-3-15(18)17-13/h1-8,10,14,19H,9H2. The zero-order valence-electron chi connectivity index (χ0n) is 10.2. The number of hydrogen-bond acceptors (Lipinski definition) is 2. The van der Waals surface area contributed by atoms with Crippen molar-refractivity contribution in [3.8, 4) is 0 Å². The average Bonchev–Trinajstić information content (AvgIpc) is 2.85. The van der Waals surface area contributed by atoms with Gasteiger partial charge in [-0.1, -0.05) is 18.2 Å². The molecule has 0 aliphatic carbocycles. The lowest BCUT2D eigenvalue weighted by molar-refractivity contribution is 0.174. The molecule has 1 atom stereocenters. The highest BCUT2D eigenvalue weighted by atomic mass is 19.1. The first-order valence-corrected chi connectivity index (χ1v) is 6.08. The van der Waals surface area contributed by atoms with Crippen molar-refractivity contribution in [3.63, 3.8) is 0 Å². The topological polar surface area (TPSA) is 37.5 Å². The average molecular weight is 256 g/mol. The zero-order valence-corrected chi connectivity index (χ0v) is 10.2. The van der Waals surface area contributed by atoms with Crippen LogP contribution in [0, 0.1) is 5.82 Å². The van der Waals surface area contributed by atoms with E-state index in [1.807, 2.05) is 35.0 Å². The van der Waals surface area contributed by atoms with E-state index in [4.69, 9.17) is 0 Å². The van der Waals surface area contributed by atoms with Crippen LogP contribution in [-0.4, -0.2) is 14.5 Å². The monoisotopic (exact) mass is 256 g/mol. The summed E-state index contributed by atoms with van der Waals surface area (Å²) in [5.41, 5.74) is 2.30. The minimum atomic E-state index is -0.689. The molecule has 1 aromatic carbocycles. The molecular formula is C15H13FN2O. The van der Waals surface area contributed by atoms with Gasteiger partial charge in [-0.05, 0) is 29.8 Å². The Morgan fingerprint density at radius 3 is 2.68 bits per heavy atom. The van der Waals surface area contributed by atoms with Gasteiger partial charge in [0, 0.05) is 18.8 Å². The summed E-state index contributed by atoms with van der Waals surface area (Å²) in [6, 6.07) is 11.8. The predicted molar refractivity (Wildman–Crippen MR) is 70.3 cm³/mol. The van der Waals surface area contributed by atoms with Gasteiger partial charge < -0.3 is 9.51 Å². The van der Waals surface area contributed by atoms with Gasteiger partial charge in [0.2, 0.25) is 0 Å². The first-order chi connectivity index (χ1) is 9.22. The molecule has 19 heavy (non-hydrogen) atoms. The van der Waals surface area contributed by atoms with Crippen molar-refractivity contribution in [2.75, 3.05) is 0 Å². The van der Waals surface area contributed by atoms with E-state index in [0.717, 1.165) is 11.2 Å². The largest absolute Gasteiger partial charge is 0.386 e. The highest BCUT2D eigenvalue weighted by Gasteiger charge is 2.12. The number of benzene rings is 1. The molecule has 0 aliphatic heterocycles. The van der Waals surface area contributed by atoms with Gasteiger partial charge in [-0.3, -0.25) is 0 Å². The van der Waals surface area contributed by atoms with Crippen molar-refractivity contribution in [3.05, 3.63) is 71.9 Å². The molecule has 96 valence electrons. The van der Waals surface area contributed by atoms with E-state index >= 15 is 0 Å². The number of halogens is 1. The Kier molecular flexibility index (Phi) is 3.01. The van der Waals surface area contributed by atoms with Crippen molar-refractivity contribution >= 4 is 5.65 Å². The fraction of sp³-hybridized carbons (Fsp3) is 0.133. The minimum absolute atomic E-state index is 0.272. The van der Waals surface area contributed by atoms with Crippen LogP contribution >= 0.6 is 0 Å². The number of rotatable bonds is 3. The fourth-order valence-corrected chi connectivity index (χ4v) is 2.06. The lowest BCUT2D eigenvalue weighted by Crippen LogP contribution is -2.02. The summed E-state index contributed by atoms with van der Waals surface area (Å²) >= 11 is 0. The third-order valence-electron chi connectivity index (χ3n) is 3.07. The fourth-order valence-electron chi connectivity index (χ4n) is 2.06. The highest BCUT2D eigenvalue weighted by molar-refractivity contribution is 5.40. The van der Waals surface area contributed by atoms with Crippen molar-refractivity contribution < 1.29 is 9.50 Å². The van der Waals surface area contributed by atoms with E-state index < -0.39 is 6.10 Å². The summed E-state index contributed by atoms with van der Waals surface area (Å²) in [5.74, 6) is -0.272. The van der Waals surface area contributed by atoms with Crippen LogP contribution in [0.15, 0.2) is 54.9 Å². The molecule has 0 fully saturated rings. The van der Waals surface area contributed by atoms with E-state index in [-0.39, 0.29) is 5.82 Å². The normalized spacial score (nSPS) is 12.7. The van der Waals surface area contributed by atoms with Crippen molar-refractivity contribution in [2.24, 2.45) is 0 Å². The second-order valence-corrected chi connectivity index (χ2v) is 4.48. The van der Waals surface area contributed by atoms with Crippen LogP contribution in [0.5, 0.6) is 0 Å². The molecule has 0 spiro atoms. The van der Waals surface area contributed by atoms with E-state index in [2.05, 4.69) is 4.98 Å². The lowest BCUT2D eigenvalue weighted by atomic mass is 10.1. The summed E-state index contributed by atoms with van der Waals surface area (Å²) in [6.45, 7) is 0. The maximum absolute atomic E-state index is 12.8. The molecule has 3 rings (SSSR count). The Labute approximate surface area is 110 Å². The number of aromatic nitrogens is 2. The quantitative estimate of drug-likeness (QED) is 0.782. The number of fused-ring (bicyclic) bond motifs is 1. The minimum Gasteiger partial charge on any atom is -0.386 e. The third kappa shape index (κ3) is 2.48. The number of aliphatic hydroxyl groups is 1. The second-order valence-electron chi connectivity index (χ2n) is 4.48. The van der Waals surface area contributed by atoms with Gasteiger partial charge in [0.05, 0.1) is 5.69 Å². The zero-order chi connectivity index (χ0) is 13.2. The molecule has 1 N–H and O–H groups in total. The molecule has 2 heterocycles. The number of imidazole rings is 1. The molecule has 2 aromatic heterocycles. The van der Waals surface area contributed by atoms with Gasteiger partial charge in [-0.25, -0.2) is 9.37 Å². The number of nitrogens with zero attached hydrogens (tertiary/aromatic N) is 2. The Bertz CT molecular complexity index is 658. The predicted octanol–water partition coefficient (Wildman–Crippen LogP) is 2.75. The van der Waals surface area contributed by atoms with Crippen LogP contribution in [0.3, 0.4) is 0 Å². The Hall–Kier alpha value is -2.20. The molecule has 3 nitrogen and oxygen atoms in total. The SMILES string of the molecule is OC(Cc1ccc(F)cc1)c1cn2ccccc2n1. The number of pyridine rings is 1. The maximum atomic E-state index is 12.8. The van der Waals surface area contributed by atoms with Crippen LogP contribution < -0.4 is 0 Å². The van der Waals surface area contributed by atoms with Crippen LogP contribution in [0.4, 0.5) is 4.39 Å². The van der Waals surface area contributed by atoms with E-state index in [9.17, 15) is 9.50 Å². The molecule has 4 heteroatoms. The molecule has 1 unspecified atom stereocenters. The van der Waals surface area contributed by atoms with Crippen molar-refractivity contribution in [1.82, 2.24) is 9.38 Å². The lowest BCUT2D eigenvalue weighted by Gasteiger charge is -2.07. The van der Waals surface area contributed by atoms with E-state index in [0.29, 0.717) is 12.1 Å². The summed E-state index contributed by atoms with van der Waals surface area (Å²) in [5, 5.41) is 10.2. The maximum Gasteiger partial charge on any atom is 0.137 e. The van der Waals surface area contributed by atoms with Crippen molar-refractivity contribution in [1.29, 1.82) is 0 Å². The first-order valence-electron chi connectivity index (χ1n) is 6.08. The molecule has 0 saturated heterocycles. The molecule has 3 aromatic rings. The summed E-state index contributed by atoms with van der Waals surface area (Å²) in [4.78, 5) is 4.37. The third-order valence-corrected chi connectivity index (χ3v) is 3.07. The Morgan fingerprint density at radius 2 is 1.95 bits per heavy atom. The van der Waals surface area contributed by atoms with Crippen LogP contribution in [0.1, 0.15) is 17.4 Å². The van der Waals surface area contributed by atoms with Crippen molar-refractivity contribution in [2.45, 2.75) is 12.5 Å². The first kappa shape index (κ1) is 11.9. The molecule has 0 radical (unpaired) electrons. The summed E-state index contributed by atoms with van der Waals surface area (Å²) in [6.07, 6.45) is 3.43. The van der Waals surface area contributed by atoms with Crippen LogP contribution in [0.25, 0.3) is 5.65 Å². The molecule has 0 aliphatic rings. The number of hydrogen-bond donors (Lipinski definition) is 1. The molecular weight excluding hydrogens is 243 g/mol. The van der Waals surface area contributed by atoms with Gasteiger partial charge in [-0.15, -0.1) is 0 Å². The second kappa shape index (κ2) is 4.82. The Morgan fingerprint density at radius 1 is 1.16 bits per heavy atom. The van der Waals surface area contributed by atoms with Gasteiger partial charge in [-0.2, -0.15) is 0 Å². The van der Waals surface area contributed by atoms with E-state index in [1.54, 1.807) is 12.1 Å². The highest BCUT2D eigenvalue weighted by Crippen LogP contribution is 2.18. The van der Waals surface area contributed by atoms with Gasteiger partial charge in [0.25, 0.3) is 0 Å². The van der Waals surface area contributed by atoms with Gasteiger partial charge >= 0.3 is 0 Å². The smallest absolute Gasteiger partial charge is 0.137 e. The summed E-state index contributed by atoms with van der Waals surface area (Å²) in [7, 11) is 0.